The summed E-state index contributed by atoms with van der Waals surface area (Å²) < 4.78 is 43.9. The summed E-state index contributed by atoms with van der Waals surface area (Å²) in [5.41, 5.74) is 0.0404. The van der Waals surface area contributed by atoms with Crippen LogP contribution in [-0.4, -0.2) is 50.2 Å². The molecule has 0 spiro atoms. The zero-order valence-corrected chi connectivity index (χ0v) is 19.4. The van der Waals surface area contributed by atoms with Crippen molar-refractivity contribution < 1.29 is 18.3 Å². The van der Waals surface area contributed by atoms with E-state index in [1.54, 1.807) is 12.1 Å². The Morgan fingerprint density at radius 3 is 2.61 bits per heavy atom. The molecule has 4 atom stereocenters. The second-order valence-electron chi connectivity index (χ2n) is 9.90. The van der Waals surface area contributed by atoms with Crippen LogP contribution < -0.4 is 15.8 Å². The third kappa shape index (κ3) is 4.03. The SMILES string of the molecule is O=c1cc(-c2cc(O)c(-c3ccc(N(C4CC4)C4CC5CCC(N5)C4F)nn3)cc2F)ccn1CF. The highest BCUT2D eigenvalue weighted by atomic mass is 19.1. The molecule has 6 rings (SSSR count). The van der Waals surface area contributed by atoms with Gasteiger partial charge < -0.3 is 15.3 Å². The minimum atomic E-state index is -0.983. The number of rotatable bonds is 6. The highest BCUT2D eigenvalue weighted by Crippen LogP contribution is 2.40. The number of benzene rings is 1. The molecule has 0 amide bonds. The molecule has 4 heterocycles. The number of piperidine rings is 1. The third-order valence-electron chi connectivity index (χ3n) is 7.56. The molecule has 1 aliphatic carbocycles. The van der Waals surface area contributed by atoms with Crippen molar-refractivity contribution >= 4 is 5.82 Å². The summed E-state index contributed by atoms with van der Waals surface area (Å²) in [5, 5.41) is 22.6. The Labute approximate surface area is 205 Å². The van der Waals surface area contributed by atoms with Crippen LogP contribution >= 0.6 is 0 Å². The molecule has 2 N–H and O–H groups in total. The van der Waals surface area contributed by atoms with Crippen molar-refractivity contribution in [1.82, 2.24) is 20.1 Å². The molecule has 2 aromatic heterocycles. The van der Waals surface area contributed by atoms with E-state index in [0.717, 1.165) is 48.8 Å². The molecule has 4 unspecified atom stereocenters. The molecule has 188 valence electrons. The topological polar surface area (TPSA) is 83.3 Å². The molecule has 10 heteroatoms. The van der Waals surface area contributed by atoms with Crippen molar-refractivity contribution in [2.24, 2.45) is 0 Å². The number of anilines is 1. The molecule has 36 heavy (non-hydrogen) atoms. The van der Waals surface area contributed by atoms with Crippen molar-refractivity contribution in [2.75, 3.05) is 4.90 Å². The van der Waals surface area contributed by atoms with Crippen molar-refractivity contribution in [1.29, 1.82) is 0 Å². The van der Waals surface area contributed by atoms with Crippen LogP contribution in [0.4, 0.5) is 19.0 Å². The number of phenols is 1. The van der Waals surface area contributed by atoms with E-state index in [4.69, 9.17) is 0 Å². The number of hydrogen-bond acceptors (Lipinski definition) is 6. The van der Waals surface area contributed by atoms with Crippen LogP contribution in [0.1, 0.15) is 32.1 Å². The van der Waals surface area contributed by atoms with Crippen LogP contribution in [0.15, 0.2) is 47.4 Å². The quantitative estimate of drug-likeness (QED) is 0.537. The van der Waals surface area contributed by atoms with Crippen LogP contribution in [0.3, 0.4) is 0 Å². The van der Waals surface area contributed by atoms with Crippen LogP contribution in [0.25, 0.3) is 22.4 Å². The van der Waals surface area contributed by atoms with Crippen molar-refractivity contribution in [3.63, 3.8) is 0 Å². The predicted molar refractivity (Wildman–Crippen MR) is 129 cm³/mol. The van der Waals surface area contributed by atoms with Gasteiger partial charge in [0.15, 0.2) is 12.6 Å². The second kappa shape index (κ2) is 8.92. The Bertz CT molecular complexity index is 1340. The van der Waals surface area contributed by atoms with E-state index in [2.05, 4.69) is 20.4 Å². The van der Waals surface area contributed by atoms with Crippen LogP contribution in [0, 0.1) is 5.82 Å². The number of fused-ring (bicyclic) bond motifs is 2. The van der Waals surface area contributed by atoms with E-state index in [-0.39, 0.29) is 46.3 Å². The molecule has 7 nitrogen and oxygen atoms in total. The first kappa shape index (κ1) is 23.0. The normalized spacial score (nSPS) is 25.2. The summed E-state index contributed by atoms with van der Waals surface area (Å²) in [4.78, 5) is 14.0. The molecule has 1 saturated carbocycles. The fourth-order valence-corrected chi connectivity index (χ4v) is 5.59. The summed E-state index contributed by atoms with van der Waals surface area (Å²) in [7, 11) is 0. The minimum absolute atomic E-state index is 0.0124. The van der Waals surface area contributed by atoms with Gasteiger partial charge in [-0.05, 0) is 68.0 Å². The number of alkyl halides is 2. The maximum atomic E-state index is 15.3. The lowest BCUT2D eigenvalue weighted by Gasteiger charge is -2.41. The molecule has 2 bridgehead atoms. The molecule has 3 aromatic rings. The molecule has 0 radical (unpaired) electrons. The summed E-state index contributed by atoms with van der Waals surface area (Å²) in [6.45, 7) is -0.983. The molecular weight excluding hydrogens is 471 g/mol. The van der Waals surface area contributed by atoms with Crippen LogP contribution in [0.5, 0.6) is 5.75 Å². The van der Waals surface area contributed by atoms with E-state index >= 15 is 8.78 Å². The van der Waals surface area contributed by atoms with Crippen molar-refractivity contribution in [2.45, 2.75) is 69.2 Å². The monoisotopic (exact) mass is 497 g/mol. The van der Waals surface area contributed by atoms with Crippen molar-refractivity contribution in [3.8, 4) is 28.1 Å². The lowest BCUT2D eigenvalue weighted by Crippen LogP contribution is -2.57. The molecule has 1 aromatic carbocycles. The van der Waals surface area contributed by atoms with Crippen LogP contribution in [-0.2, 0) is 6.80 Å². The number of phenolic OH excluding ortho intramolecular Hbond substituents is 1. The van der Waals surface area contributed by atoms with E-state index in [9.17, 15) is 14.3 Å². The fraction of sp³-hybridized carbons (Fsp3) is 0.423. The maximum absolute atomic E-state index is 15.3. The molecule has 3 aliphatic rings. The minimum Gasteiger partial charge on any atom is -0.507 e. The van der Waals surface area contributed by atoms with Gasteiger partial charge in [-0.1, -0.05) is 0 Å². The smallest absolute Gasteiger partial charge is 0.253 e. The Balaban J connectivity index is 1.28. The zero-order chi connectivity index (χ0) is 25.0. The van der Waals surface area contributed by atoms with E-state index in [1.807, 2.05) is 0 Å². The average Bonchev–Trinajstić information content (AvgIpc) is 3.63. The summed E-state index contributed by atoms with van der Waals surface area (Å²) in [6, 6.07) is 8.45. The number of aromatic nitrogens is 3. The van der Waals surface area contributed by atoms with Gasteiger partial charge in [-0.15, -0.1) is 10.2 Å². The van der Waals surface area contributed by atoms with Gasteiger partial charge >= 0.3 is 0 Å². The van der Waals surface area contributed by atoms with E-state index in [0.29, 0.717) is 11.9 Å². The Hall–Kier alpha value is -3.40. The molecular formula is C26H26F3N5O2. The zero-order valence-electron chi connectivity index (χ0n) is 19.4. The van der Waals surface area contributed by atoms with Gasteiger partial charge in [-0.3, -0.25) is 9.36 Å². The van der Waals surface area contributed by atoms with Crippen molar-refractivity contribution in [3.05, 3.63) is 58.8 Å². The first-order chi connectivity index (χ1) is 17.4. The lowest BCUT2D eigenvalue weighted by atomic mass is 9.95. The molecule has 2 aliphatic heterocycles. The molecule has 2 saturated heterocycles. The number of nitrogens with one attached hydrogen (secondary N) is 1. The standard InChI is InChI=1S/C26H26F3N5O2/c27-13-33-8-7-14(9-25(33)36)17-12-23(35)18(11-19(17)28)20-5-6-24(32-31-20)34(16-2-3-16)22-10-15-1-4-21(30-15)26(22)29/h5-9,11-12,15-16,21-22,26,30,35H,1-4,10,13H2. The highest BCUT2D eigenvalue weighted by molar-refractivity contribution is 5.75. The van der Waals surface area contributed by atoms with Gasteiger partial charge in [0.1, 0.15) is 17.7 Å². The van der Waals surface area contributed by atoms with Gasteiger partial charge in [0.05, 0.1) is 11.7 Å². The summed E-state index contributed by atoms with van der Waals surface area (Å²) >= 11 is 0. The van der Waals surface area contributed by atoms with Gasteiger partial charge in [0.25, 0.3) is 5.56 Å². The summed E-state index contributed by atoms with van der Waals surface area (Å²) in [5.74, 6) is -0.322. The van der Waals surface area contributed by atoms with Gasteiger partial charge in [0, 0.05) is 41.5 Å². The van der Waals surface area contributed by atoms with E-state index in [1.165, 1.54) is 18.3 Å². The van der Waals surface area contributed by atoms with Gasteiger partial charge in [0.2, 0.25) is 0 Å². The van der Waals surface area contributed by atoms with Gasteiger partial charge in [-0.25, -0.2) is 13.2 Å². The Kier molecular flexibility index (Phi) is 5.70. The van der Waals surface area contributed by atoms with Gasteiger partial charge in [-0.2, -0.15) is 0 Å². The first-order valence-corrected chi connectivity index (χ1v) is 12.2. The number of nitrogens with zero attached hydrogens (tertiary/aromatic N) is 4. The lowest BCUT2D eigenvalue weighted by molar-refractivity contribution is 0.171. The number of pyridine rings is 1. The summed E-state index contributed by atoms with van der Waals surface area (Å²) in [6.07, 6.45) is 4.77. The van der Waals surface area contributed by atoms with E-state index < -0.39 is 24.3 Å². The highest BCUT2D eigenvalue weighted by Gasteiger charge is 2.48. The largest absolute Gasteiger partial charge is 0.507 e. The predicted octanol–water partition coefficient (Wildman–Crippen LogP) is 3.94. The maximum Gasteiger partial charge on any atom is 0.253 e. The first-order valence-electron chi connectivity index (χ1n) is 12.2. The molecule has 3 fully saturated rings. The third-order valence-corrected chi connectivity index (χ3v) is 7.56. The Morgan fingerprint density at radius 2 is 1.92 bits per heavy atom. The number of hydrogen-bond donors (Lipinski definition) is 2. The average molecular weight is 498 g/mol. The fourth-order valence-electron chi connectivity index (χ4n) is 5.59. The number of halogens is 3. The second-order valence-corrected chi connectivity index (χ2v) is 9.90. The Morgan fingerprint density at radius 1 is 1.08 bits per heavy atom. The van der Waals surface area contributed by atoms with Crippen LogP contribution in [0.2, 0.25) is 0 Å². The number of aromatic hydroxyl groups is 1.